The molecule has 0 amide bonds. The van der Waals surface area contributed by atoms with Gasteiger partial charge in [0.15, 0.2) is 0 Å². The van der Waals surface area contributed by atoms with Gasteiger partial charge in [-0.1, -0.05) is 11.6 Å². The highest BCUT2D eigenvalue weighted by Gasteiger charge is 2.36. The molecule has 0 saturated heterocycles. The summed E-state index contributed by atoms with van der Waals surface area (Å²) in [5.74, 6) is -1.61. The van der Waals surface area contributed by atoms with E-state index in [9.17, 15) is 9.59 Å². The first-order valence-corrected chi connectivity index (χ1v) is 8.31. The third-order valence-electron chi connectivity index (χ3n) is 3.51. The first kappa shape index (κ1) is 18.5. The van der Waals surface area contributed by atoms with Crippen molar-refractivity contribution in [3.63, 3.8) is 0 Å². The van der Waals surface area contributed by atoms with E-state index in [1.54, 1.807) is 36.5 Å². The highest BCUT2D eigenvalue weighted by atomic mass is 35.5. The number of halogens is 1. The number of carbonyl (C=O) groups is 2. The molecular weight excluding hydrogens is 354 g/mol. The van der Waals surface area contributed by atoms with Gasteiger partial charge < -0.3 is 19.1 Å². The zero-order valence-electron chi connectivity index (χ0n) is 13.6. The highest BCUT2D eigenvalue weighted by molar-refractivity contribution is 7.16. The van der Waals surface area contributed by atoms with Crippen molar-refractivity contribution in [1.82, 2.24) is 4.90 Å². The summed E-state index contributed by atoms with van der Waals surface area (Å²) < 4.78 is 15.4. The molecule has 6 nitrogen and oxygen atoms in total. The van der Waals surface area contributed by atoms with Crippen LogP contribution >= 0.6 is 22.9 Å². The summed E-state index contributed by atoms with van der Waals surface area (Å²) in [4.78, 5) is 27.0. The van der Waals surface area contributed by atoms with Crippen LogP contribution < -0.4 is 0 Å². The maximum atomic E-state index is 12.3. The topological polar surface area (TPSA) is 65.1 Å². The minimum absolute atomic E-state index is 0.343. The molecule has 8 heteroatoms. The lowest BCUT2D eigenvalue weighted by atomic mass is 9.88. The SMILES string of the molecule is COCCN1C=C(C(=O)OC)C(c2ccc(Cl)s2)C(C(=O)OC)=C1. The van der Waals surface area contributed by atoms with E-state index < -0.39 is 17.9 Å². The normalized spacial score (nSPS) is 14.9. The van der Waals surface area contributed by atoms with Crippen molar-refractivity contribution in [2.45, 2.75) is 5.92 Å². The third kappa shape index (κ3) is 3.98. The van der Waals surface area contributed by atoms with Gasteiger partial charge in [0.1, 0.15) is 0 Å². The summed E-state index contributed by atoms with van der Waals surface area (Å²) in [6.07, 6.45) is 3.32. The average Bonchev–Trinajstić information content (AvgIpc) is 3.03. The molecule has 1 aromatic heterocycles. The molecule has 2 heterocycles. The predicted molar refractivity (Wildman–Crippen MR) is 90.9 cm³/mol. The quantitative estimate of drug-likeness (QED) is 0.716. The smallest absolute Gasteiger partial charge is 0.336 e. The average molecular weight is 372 g/mol. The van der Waals surface area contributed by atoms with Gasteiger partial charge >= 0.3 is 11.9 Å². The van der Waals surface area contributed by atoms with Crippen molar-refractivity contribution >= 4 is 34.9 Å². The molecule has 0 spiro atoms. The third-order valence-corrected chi connectivity index (χ3v) is 4.80. The van der Waals surface area contributed by atoms with Crippen LogP contribution in [0.5, 0.6) is 0 Å². The first-order chi connectivity index (χ1) is 11.5. The number of hydrogen-bond acceptors (Lipinski definition) is 7. The van der Waals surface area contributed by atoms with Crippen molar-refractivity contribution in [2.24, 2.45) is 0 Å². The summed E-state index contributed by atoms with van der Waals surface area (Å²) in [7, 11) is 4.19. The number of hydrogen-bond donors (Lipinski definition) is 0. The van der Waals surface area contributed by atoms with Crippen LogP contribution in [0.25, 0.3) is 0 Å². The van der Waals surface area contributed by atoms with E-state index in [1.807, 2.05) is 0 Å². The van der Waals surface area contributed by atoms with E-state index >= 15 is 0 Å². The van der Waals surface area contributed by atoms with E-state index in [2.05, 4.69) is 0 Å². The second kappa shape index (κ2) is 8.32. The summed E-state index contributed by atoms with van der Waals surface area (Å²) >= 11 is 7.32. The summed E-state index contributed by atoms with van der Waals surface area (Å²) in [6.45, 7) is 0.917. The number of rotatable bonds is 6. The molecule has 0 N–H and O–H groups in total. The van der Waals surface area contributed by atoms with E-state index in [4.69, 9.17) is 25.8 Å². The Morgan fingerprint density at radius 3 is 2.12 bits per heavy atom. The minimum atomic E-state index is -0.582. The molecule has 1 aromatic rings. The minimum Gasteiger partial charge on any atom is -0.466 e. The van der Waals surface area contributed by atoms with Crippen molar-refractivity contribution in [1.29, 1.82) is 0 Å². The Bertz CT molecular complexity index is 648. The fourth-order valence-corrected chi connectivity index (χ4v) is 3.60. The molecule has 0 aromatic carbocycles. The molecule has 0 radical (unpaired) electrons. The Labute approximate surface area is 149 Å². The lowest BCUT2D eigenvalue weighted by Gasteiger charge is -2.29. The summed E-state index contributed by atoms with van der Waals surface area (Å²) in [5.41, 5.74) is 0.685. The summed E-state index contributed by atoms with van der Waals surface area (Å²) in [5, 5.41) is 0. The van der Waals surface area contributed by atoms with E-state index in [1.165, 1.54) is 25.6 Å². The van der Waals surface area contributed by atoms with Gasteiger partial charge in [0.25, 0.3) is 0 Å². The standard InChI is InChI=1S/C16H18ClNO5S/c1-21-7-6-18-8-10(15(19)22-2)14(11(9-18)16(20)23-3)12-4-5-13(17)24-12/h4-5,8-9,14H,6-7H2,1-3H3. The van der Waals surface area contributed by atoms with Crippen molar-refractivity contribution < 1.29 is 23.8 Å². The maximum absolute atomic E-state index is 12.3. The molecule has 0 fully saturated rings. The Hall–Kier alpha value is -1.83. The maximum Gasteiger partial charge on any atom is 0.336 e. The van der Waals surface area contributed by atoms with Gasteiger partial charge in [-0.05, 0) is 12.1 Å². The molecule has 0 bridgehead atoms. The second-order valence-corrected chi connectivity index (χ2v) is 6.70. The van der Waals surface area contributed by atoms with Gasteiger partial charge in [-0.3, -0.25) is 0 Å². The second-order valence-electron chi connectivity index (χ2n) is 4.96. The molecule has 0 unspecified atom stereocenters. The molecule has 0 atom stereocenters. The highest BCUT2D eigenvalue weighted by Crippen LogP contribution is 2.41. The fourth-order valence-electron chi connectivity index (χ4n) is 2.40. The summed E-state index contributed by atoms with van der Waals surface area (Å²) in [6, 6.07) is 3.51. The van der Waals surface area contributed by atoms with Crippen molar-refractivity contribution in [2.75, 3.05) is 34.5 Å². The molecule has 130 valence electrons. The van der Waals surface area contributed by atoms with E-state index in [0.29, 0.717) is 28.6 Å². The number of nitrogens with zero attached hydrogens (tertiary/aromatic N) is 1. The van der Waals surface area contributed by atoms with Crippen LogP contribution in [0, 0.1) is 0 Å². The van der Waals surface area contributed by atoms with Crippen LogP contribution in [0.1, 0.15) is 10.8 Å². The molecule has 0 saturated carbocycles. The number of ether oxygens (including phenoxy) is 3. The molecule has 24 heavy (non-hydrogen) atoms. The van der Waals surface area contributed by atoms with Gasteiger partial charge in [-0.15, -0.1) is 11.3 Å². The molecule has 1 aliphatic rings. The predicted octanol–water partition coefficient (Wildman–Crippen LogP) is 2.56. The fraction of sp³-hybridized carbons (Fsp3) is 0.375. The van der Waals surface area contributed by atoms with Crippen LogP contribution in [-0.2, 0) is 23.8 Å². The van der Waals surface area contributed by atoms with Gasteiger partial charge in [-0.2, -0.15) is 0 Å². The van der Waals surface area contributed by atoms with Crippen LogP contribution in [0.3, 0.4) is 0 Å². The lowest BCUT2D eigenvalue weighted by molar-refractivity contribution is -0.137. The van der Waals surface area contributed by atoms with Gasteiger partial charge in [0.2, 0.25) is 0 Å². The van der Waals surface area contributed by atoms with Crippen LogP contribution in [0.2, 0.25) is 4.34 Å². The largest absolute Gasteiger partial charge is 0.466 e. The van der Waals surface area contributed by atoms with Crippen molar-refractivity contribution in [3.05, 3.63) is 44.9 Å². The monoisotopic (exact) mass is 371 g/mol. The first-order valence-electron chi connectivity index (χ1n) is 7.11. The van der Waals surface area contributed by atoms with Crippen LogP contribution in [-0.4, -0.2) is 51.3 Å². The number of carbonyl (C=O) groups excluding carboxylic acids is 2. The number of thiophene rings is 1. The Balaban J connectivity index is 2.50. The lowest BCUT2D eigenvalue weighted by Crippen LogP contribution is -2.29. The number of esters is 2. The molecule has 0 aliphatic carbocycles. The zero-order chi connectivity index (χ0) is 17.7. The van der Waals surface area contributed by atoms with Crippen LogP contribution in [0.15, 0.2) is 35.7 Å². The van der Waals surface area contributed by atoms with Crippen molar-refractivity contribution in [3.8, 4) is 0 Å². The van der Waals surface area contributed by atoms with Gasteiger partial charge in [-0.25, -0.2) is 9.59 Å². The van der Waals surface area contributed by atoms with Gasteiger partial charge in [0.05, 0.1) is 42.2 Å². The Morgan fingerprint density at radius 2 is 1.71 bits per heavy atom. The molecular formula is C16H18ClNO5S. The zero-order valence-corrected chi connectivity index (χ0v) is 15.1. The van der Waals surface area contributed by atoms with Gasteiger partial charge in [0, 0.05) is 30.9 Å². The Morgan fingerprint density at radius 1 is 1.12 bits per heavy atom. The Kier molecular flexibility index (Phi) is 6.42. The van der Waals surface area contributed by atoms with E-state index in [-0.39, 0.29) is 0 Å². The number of methoxy groups -OCH3 is 3. The molecule has 2 rings (SSSR count). The van der Waals surface area contributed by atoms with E-state index in [0.717, 1.165) is 4.88 Å². The molecule has 1 aliphatic heterocycles. The van der Waals surface area contributed by atoms with Crippen LogP contribution in [0.4, 0.5) is 0 Å².